The lowest BCUT2D eigenvalue weighted by atomic mass is 9.99. The molecule has 2 aromatic heterocycles. The van der Waals surface area contributed by atoms with Crippen LogP contribution in [0.5, 0.6) is 0 Å². The topological polar surface area (TPSA) is 63.9 Å². The zero-order valence-corrected chi connectivity index (χ0v) is 12.9. The molecule has 1 aliphatic rings. The van der Waals surface area contributed by atoms with Gasteiger partial charge in [-0.2, -0.15) is 5.10 Å². The number of para-hydroxylation sites is 1. The highest BCUT2D eigenvalue weighted by Crippen LogP contribution is 2.29. The van der Waals surface area contributed by atoms with Crippen molar-refractivity contribution in [2.75, 3.05) is 18.0 Å². The summed E-state index contributed by atoms with van der Waals surface area (Å²) in [5.74, 6) is 1.38. The molecule has 1 aliphatic heterocycles. The second-order valence-corrected chi connectivity index (χ2v) is 5.98. The Hall–Kier alpha value is -2.76. The Balaban J connectivity index is 1.51. The first-order chi connectivity index (χ1) is 11.2. The van der Waals surface area contributed by atoms with Crippen LogP contribution in [0.2, 0.25) is 0 Å². The Bertz CT molecular complexity index is 909. The van der Waals surface area contributed by atoms with E-state index in [0.717, 1.165) is 35.5 Å². The van der Waals surface area contributed by atoms with Gasteiger partial charge in [0.15, 0.2) is 0 Å². The molecule has 6 nitrogen and oxygen atoms in total. The average Bonchev–Trinajstić information content (AvgIpc) is 2.53. The van der Waals surface area contributed by atoms with Crippen LogP contribution >= 0.6 is 0 Å². The molecular weight excluding hydrogens is 290 g/mol. The first-order valence-electron chi connectivity index (χ1n) is 7.70. The summed E-state index contributed by atoms with van der Waals surface area (Å²) in [5.41, 5.74) is 1.78. The fraction of sp³-hybridized carbons (Fsp3) is 0.294. The molecule has 4 rings (SSSR count). The van der Waals surface area contributed by atoms with Gasteiger partial charge in [-0.15, -0.1) is 0 Å². The van der Waals surface area contributed by atoms with Crippen molar-refractivity contribution >= 4 is 16.7 Å². The molecule has 0 radical (unpaired) electrons. The van der Waals surface area contributed by atoms with Crippen molar-refractivity contribution in [3.05, 3.63) is 58.8 Å². The number of nitrogens with zero attached hydrogens (tertiary/aromatic N) is 5. The van der Waals surface area contributed by atoms with Crippen LogP contribution in [0.4, 0.5) is 5.82 Å². The highest BCUT2D eigenvalue weighted by molar-refractivity contribution is 5.89. The van der Waals surface area contributed by atoms with E-state index in [1.54, 1.807) is 23.1 Å². The van der Waals surface area contributed by atoms with Crippen molar-refractivity contribution in [1.29, 1.82) is 0 Å². The number of benzene rings is 1. The predicted molar refractivity (Wildman–Crippen MR) is 88.5 cm³/mol. The van der Waals surface area contributed by atoms with Gasteiger partial charge in [-0.25, -0.2) is 14.6 Å². The molecule has 6 heteroatoms. The SMILES string of the molecule is Cc1ccc(=O)n(CC2CN(c3ncnc4ccccc34)C2)n1. The lowest BCUT2D eigenvalue weighted by Gasteiger charge is -2.40. The van der Waals surface area contributed by atoms with Gasteiger partial charge in [0.25, 0.3) is 5.56 Å². The molecular formula is C17H17N5O. The van der Waals surface area contributed by atoms with Crippen molar-refractivity contribution < 1.29 is 0 Å². The maximum absolute atomic E-state index is 11.8. The smallest absolute Gasteiger partial charge is 0.266 e. The lowest BCUT2D eigenvalue weighted by Crippen LogP contribution is -2.50. The van der Waals surface area contributed by atoms with Crippen LogP contribution in [0.3, 0.4) is 0 Å². The highest BCUT2D eigenvalue weighted by Gasteiger charge is 2.29. The van der Waals surface area contributed by atoms with Gasteiger partial charge in [0.05, 0.1) is 17.8 Å². The molecule has 3 heterocycles. The minimum Gasteiger partial charge on any atom is -0.355 e. The van der Waals surface area contributed by atoms with Crippen LogP contribution in [-0.4, -0.2) is 32.8 Å². The summed E-state index contributed by atoms with van der Waals surface area (Å²) in [6.07, 6.45) is 1.61. The monoisotopic (exact) mass is 307 g/mol. The molecule has 0 aliphatic carbocycles. The molecule has 1 fully saturated rings. The number of anilines is 1. The van der Waals surface area contributed by atoms with Crippen LogP contribution in [0.1, 0.15) is 5.69 Å². The maximum Gasteiger partial charge on any atom is 0.266 e. The Labute approximate surface area is 133 Å². The first-order valence-corrected chi connectivity index (χ1v) is 7.70. The van der Waals surface area contributed by atoms with Crippen LogP contribution in [0, 0.1) is 12.8 Å². The highest BCUT2D eigenvalue weighted by atomic mass is 16.1. The zero-order chi connectivity index (χ0) is 15.8. The van der Waals surface area contributed by atoms with Crippen molar-refractivity contribution in [3.63, 3.8) is 0 Å². The van der Waals surface area contributed by atoms with Gasteiger partial charge in [0.2, 0.25) is 0 Å². The zero-order valence-electron chi connectivity index (χ0n) is 12.9. The fourth-order valence-electron chi connectivity index (χ4n) is 3.03. The van der Waals surface area contributed by atoms with Crippen molar-refractivity contribution in [3.8, 4) is 0 Å². The van der Waals surface area contributed by atoms with Gasteiger partial charge < -0.3 is 4.90 Å². The van der Waals surface area contributed by atoms with Gasteiger partial charge in [-0.1, -0.05) is 12.1 Å². The predicted octanol–water partition coefficient (Wildman–Crippen LogP) is 1.63. The van der Waals surface area contributed by atoms with Crippen LogP contribution < -0.4 is 10.5 Å². The van der Waals surface area contributed by atoms with Crippen molar-refractivity contribution in [2.24, 2.45) is 5.92 Å². The quantitative estimate of drug-likeness (QED) is 0.736. The summed E-state index contributed by atoms with van der Waals surface area (Å²) >= 11 is 0. The van der Waals surface area contributed by atoms with E-state index in [9.17, 15) is 4.79 Å². The van der Waals surface area contributed by atoms with Gasteiger partial charge in [-0.05, 0) is 25.1 Å². The van der Waals surface area contributed by atoms with E-state index >= 15 is 0 Å². The van der Waals surface area contributed by atoms with Crippen LogP contribution in [0.25, 0.3) is 10.9 Å². The van der Waals surface area contributed by atoms with Gasteiger partial charge in [-0.3, -0.25) is 4.79 Å². The average molecular weight is 307 g/mol. The maximum atomic E-state index is 11.8. The number of aryl methyl sites for hydroxylation is 1. The molecule has 0 unspecified atom stereocenters. The summed E-state index contributed by atoms with van der Waals surface area (Å²) < 4.78 is 1.56. The van der Waals surface area contributed by atoms with E-state index in [2.05, 4.69) is 20.0 Å². The second kappa shape index (κ2) is 5.46. The minimum atomic E-state index is -0.0402. The van der Waals surface area contributed by atoms with E-state index in [1.807, 2.05) is 31.2 Å². The number of aromatic nitrogens is 4. The Morgan fingerprint density at radius 3 is 2.83 bits per heavy atom. The number of rotatable bonds is 3. The molecule has 0 atom stereocenters. The first kappa shape index (κ1) is 13.9. The number of hydrogen-bond acceptors (Lipinski definition) is 5. The summed E-state index contributed by atoms with van der Waals surface area (Å²) in [6.45, 7) is 4.31. The second-order valence-electron chi connectivity index (χ2n) is 5.98. The minimum absolute atomic E-state index is 0.0402. The standard InChI is InChI=1S/C17H17N5O/c1-12-6-7-16(23)22(20-12)10-13-8-21(9-13)17-14-4-2-3-5-15(14)18-11-19-17/h2-7,11,13H,8-10H2,1H3. The Morgan fingerprint density at radius 1 is 1.13 bits per heavy atom. The third-order valence-electron chi connectivity index (χ3n) is 4.21. The van der Waals surface area contributed by atoms with Crippen molar-refractivity contribution in [1.82, 2.24) is 19.7 Å². The van der Waals surface area contributed by atoms with E-state index in [1.165, 1.54) is 0 Å². The number of hydrogen-bond donors (Lipinski definition) is 0. The van der Waals surface area contributed by atoms with Gasteiger partial charge in [0, 0.05) is 30.5 Å². The molecule has 23 heavy (non-hydrogen) atoms. The summed E-state index contributed by atoms with van der Waals surface area (Å²) in [5, 5.41) is 5.37. The Kier molecular flexibility index (Phi) is 3.29. The number of fused-ring (bicyclic) bond motifs is 1. The van der Waals surface area contributed by atoms with E-state index in [0.29, 0.717) is 12.5 Å². The van der Waals surface area contributed by atoms with E-state index in [-0.39, 0.29) is 5.56 Å². The van der Waals surface area contributed by atoms with Crippen LogP contribution in [0.15, 0.2) is 47.5 Å². The van der Waals surface area contributed by atoms with E-state index in [4.69, 9.17) is 0 Å². The fourth-order valence-corrected chi connectivity index (χ4v) is 3.03. The molecule has 0 bridgehead atoms. The lowest BCUT2D eigenvalue weighted by molar-refractivity contribution is 0.332. The normalized spacial score (nSPS) is 14.9. The molecule has 0 N–H and O–H groups in total. The van der Waals surface area contributed by atoms with Gasteiger partial charge in [0.1, 0.15) is 12.1 Å². The Morgan fingerprint density at radius 2 is 1.96 bits per heavy atom. The molecule has 0 spiro atoms. The molecule has 1 saturated heterocycles. The molecule has 3 aromatic rings. The molecule has 0 amide bonds. The largest absolute Gasteiger partial charge is 0.355 e. The van der Waals surface area contributed by atoms with E-state index < -0.39 is 0 Å². The van der Waals surface area contributed by atoms with Gasteiger partial charge >= 0.3 is 0 Å². The summed E-state index contributed by atoms with van der Waals surface area (Å²) in [4.78, 5) is 22.8. The summed E-state index contributed by atoms with van der Waals surface area (Å²) in [7, 11) is 0. The molecule has 116 valence electrons. The molecule has 0 saturated carbocycles. The van der Waals surface area contributed by atoms with Crippen LogP contribution in [-0.2, 0) is 6.54 Å². The third-order valence-corrected chi connectivity index (χ3v) is 4.21. The van der Waals surface area contributed by atoms with Crippen molar-refractivity contribution in [2.45, 2.75) is 13.5 Å². The molecule has 1 aromatic carbocycles. The third kappa shape index (κ3) is 2.56. The summed E-state index contributed by atoms with van der Waals surface area (Å²) in [6, 6.07) is 11.4.